The van der Waals surface area contributed by atoms with E-state index in [1.54, 1.807) is 0 Å². The van der Waals surface area contributed by atoms with Crippen molar-refractivity contribution in [2.45, 2.75) is 39.2 Å². The molecule has 0 saturated heterocycles. The molecule has 0 N–H and O–H groups in total. The van der Waals surface area contributed by atoms with Crippen LogP contribution in [0.3, 0.4) is 0 Å². The standard InChI is InChI=1S/C21H21N3/c1-2-23-18-11-5-3-8-15(18)14-20(23)24-19-12-6-4-9-16(19)17-10-7-13-22-21(17)24/h4,6-7,9-10,12-14H,2-3,5,8,11H2,1H3. The third-order valence-electron chi connectivity index (χ3n) is 5.36. The van der Waals surface area contributed by atoms with Gasteiger partial charge in [-0.3, -0.25) is 4.57 Å². The first-order chi connectivity index (χ1) is 11.9. The Labute approximate surface area is 141 Å². The number of aromatic nitrogens is 3. The molecule has 0 aliphatic heterocycles. The molecule has 1 aliphatic rings. The first-order valence-corrected chi connectivity index (χ1v) is 8.94. The predicted molar refractivity (Wildman–Crippen MR) is 98.9 cm³/mol. The van der Waals surface area contributed by atoms with E-state index in [9.17, 15) is 0 Å². The van der Waals surface area contributed by atoms with Gasteiger partial charge in [-0.1, -0.05) is 18.2 Å². The fraction of sp³-hybridized carbons (Fsp3) is 0.286. The maximum atomic E-state index is 4.73. The van der Waals surface area contributed by atoms with E-state index < -0.39 is 0 Å². The van der Waals surface area contributed by atoms with E-state index >= 15 is 0 Å². The van der Waals surface area contributed by atoms with Gasteiger partial charge in [0.05, 0.1) is 5.52 Å². The zero-order valence-corrected chi connectivity index (χ0v) is 14.0. The fourth-order valence-corrected chi connectivity index (χ4v) is 4.31. The molecule has 0 spiro atoms. The molecule has 1 aliphatic carbocycles. The van der Waals surface area contributed by atoms with Crippen molar-refractivity contribution in [3.8, 4) is 5.82 Å². The molecular weight excluding hydrogens is 294 g/mol. The molecule has 120 valence electrons. The van der Waals surface area contributed by atoms with Gasteiger partial charge in [0.25, 0.3) is 0 Å². The summed E-state index contributed by atoms with van der Waals surface area (Å²) in [5, 5.41) is 2.51. The van der Waals surface area contributed by atoms with Crippen molar-refractivity contribution in [3.05, 3.63) is 59.9 Å². The van der Waals surface area contributed by atoms with Crippen LogP contribution in [0.15, 0.2) is 48.7 Å². The van der Waals surface area contributed by atoms with Gasteiger partial charge in [0.2, 0.25) is 0 Å². The highest BCUT2D eigenvalue weighted by Gasteiger charge is 2.21. The van der Waals surface area contributed by atoms with Crippen LogP contribution in [-0.4, -0.2) is 14.1 Å². The lowest BCUT2D eigenvalue weighted by atomic mass is 9.98. The van der Waals surface area contributed by atoms with Gasteiger partial charge >= 0.3 is 0 Å². The van der Waals surface area contributed by atoms with Crippen LogP contribution in [-0.2, 0) is 19.4 Å². The van der Waals surface area contributed by atoms with Crippen LogP contribution in [0.4, 0.5) is 0 Å². The summed E-state index contributed by atoms with van der Waals surface area (Å²) < 4.78 is 4.85. The van der Waals surface area contributed by atoms with E-state index in [2.05, 4.69) is 52.5 Å². The van der Waals surface area contributed by atoms with Crippen molar-refractivity contribution in [1.82, 2.24) is 14.1 Å². The maximum Gasteiger partial charge on any atom is 0.146 e. The molecule has 0 amide bonds. The van der Waals surface area contributed by atoms with Crippen molar-refractivity contribution < 1.29 is 0 Å². The van der Waals surface area contributed by atoms with Crippen LogP contribution >= 0.6 is 0 Å². The van der Waals surface area contributed by atoms with Crippen LogP contribution in [0.5, 0.6) is 0 Å². The van der Waals surface area contributed by atoms with Gasteiger partial charge in [0.1, 0.15) is 11.5 Å². The second-order valence-electron chi connectivity index (χ2n) is 6.65. The van der Waals surface area contributed by atoms with Crippen molar-refractivity contribution >= 4 is 21.9 Å². The van der Waals surface area contributed by atoms with E-state index in [-0.39, 0.29) is 0 Å². The van der Waals surface area contributed by atoms with Crippen molar-refractivity contribution in [2.75, 3.05) is 0 Å². The Morgan fingerprint density at radius 3 is 2.75 bits per heavy atom. The molecule has 0 fully saturated rings. The lowest BCUT2D eigenvalue weighted by Crippen LogP contribution is -2.10. The fourth-order valence-electron chi connectivity index (χ4n) is 4.31. The van der Waals surface area contributed by atoms with Crippen LogP contribution in [0.2, 0.25) is 0 Å². The quantitative estimate of drug-likeness (QED) is 0.517. The Morgan fingerprint density at radius 1 is 1.00 bits per heavy atom. The van der Waals surface area contributed by atoms with E-state index in [0.717, 1.165) is 12.2 Å². The molecular formula is C21H21N3. The smallest absolute Gasteiger partial charge is 0.146 e. The monoisotopic (exact) mass is 315 g/mol. The molecule has 3 aromatic heterocycles. The van der Waals surface area contributed by atoms with Gasteiger partial charge in [-0.2, -0.15) is 0 Å². The van der Waals surface area contributed by atoms with Gasteiger partial charge in [-0.25, -0.2) is 4.98 Å². The third-order valence-corrected chi connectivity index (χ3v) is 5.36. The number of benzene rings is 1. The molecule has 0 unspecified atom stereocenters. The summed E-state index contributed by atoms with van der Waals surface area (Å²) in [7, 11) is 0. The molecule has 3 heteroatoms. The molecule has 4 aromatic rings. The molecule has 0 atom stereocenters. The number of hydrogen-bond acceptors (Lipinski definition) is 1. The second kappa shape index (κ2) is 5.23. The largest absolute Gasteiger partial charge is 0.331 e. The molecule has 1 aromatic carbocycles. The lowest BCUT2D eigenvalue weighted by molar-refractivity contribution is 0.617. The number of aryl methyl sites for hydroxylation is 1. The van der Waals surface area contributed by atoms with Gasteiger partial charge in [-0.15, -0.1) is 0 Å². The zero-order valence-electron chi connectivity index (χ0n) is 14.0. The first kappa shape index (κ1) is 13.8. The van der Waals surface area contributed by atoms with E-state index in [1.165, 1.54) is 59.0 Å². The van der Waals surface area contributed by atoms with Crippen LogP contribution in [0.1, 0.15) is 31.0 Å². The molecule has 3 heterocycles. The average molecular weight is 315 g/mol. The number of nitrogens with zero attached hydrogens (tertiary/aromatic N) is 3. The van der Waals surface area contributed by atoms with Crippen LogP contribution in [0, 0.1) is 0 Å². The van der Waals surface area contributed by atoms with E-state index in [4.69, 9.17) is 4.98 Å². The summed E-state index contributed by atoms with van der Waals surface area (Å²) in [6.07, 6.45) is 6.93. The number of rotatable bonds is 2. The summed E-state index contributed by atoms with van der Waals surface area (Å²) in [6, 6.07) is 15.3. The first-order valence-electron chi connectivity index (χ1n) is 8.94. The summed E-state index contributed by atoms with van der Waals surface area (Å²) in [6.45, 7) is 3.26. The van der Waals surface area contributed by atoms with Crippen molar-refractivity contribution in [2.24, 2.45) is 0 Å². The SMILES string of the molecule is CCn1c(-n2c3ccccc3c3cccnc32)cc2c1CCCC2. The molecule has 3 nitrogen and oxygen atoms in total. The summed E-state index contributed by atoms with van der Waals surface area (Å²) in [5.41, 5.74) is 5.36. The van der Waals surface area contributed by atoms with Crippen LogP contribution in [0.25, 0.3) is 27.8 Å². The van der Waals surface area contributed by atoms with Crippen molar-refractivity contribution in [1.29, 1.82) is 0 Å². The minimum Gasteiger partial charge on any atom is -0.331 e. The molecule has 24 heavy (non-hydrogen) atoms. The number of para-hydroxylation sites is 1. The Hall–Kier alpha value is -2.55. The maximum absolute atomic E-state index is 4.73. The normalized spacial score (nSPS) is 14.4. The van der Waals surface area contributed by atoms with Gasteiger partial charge in [0, 0.05) is 29.2 Å². The topological polar surface area (TPSA) is 22.8 Å². The molecule has 0 radical (unpaired) electrons. The highest BCUT2D eigenvalue weighted by Crippen LogP contribution is 2.34. The Bertz CT molecular complexity index is 999. The second-order valence-corrected chi connectivity index (χ2v) is 6.65. The highest BCUT2D eigenvalue weighted by atomic mass is 15.2. The predicted octanol–water partition coefficient (Wildman–Crippen LogP) is 4.88. The van der Waals surface area contributed by atoms with Gasteiger partial charge in [0.15, 0.2) is 0 Å². The Balaban J connectivity index is 1.91. The number of pyridine rings is 1. The molecule has 0 bridgehead atoms. The van der Waals surface area contributed by atoms with Gasteiger partial charge < -0.3 is 4.57 Å². The van der Waals surface area contributed by atoms with E-state index in [1.807, 2.05) is 12.3 Å². The van der Waals surface area contributed by atoms with Crippen molar-refractivity contribution in [3.63, 3.8) is 0 Å². The third kappa shape index (κ3) is 1.81. The van der Waals surface area contributed by atoms with Gasteiger partial charge in [-0.05, 0) is 62.4 Å². The Morgan fingerprint density at radius 2 is 1.83 bits per heavy atom. The number of fused-ring (bicyclic) bond motifs is 4. The zero-order chi connectivity index (χ0) is 16.1. The number of hydrogen-bond donors (Lipinski definition) is 0. The summed E-state index contributed by atoms with van der Waals surface area (Å²) >= 11 is 0. The lowest BCUT2D eigenvalue weighted by Gasteiger charge is -2.16. The van der Waals surface area contributed by atoms with E-state index in [0.29, 0.717) is 0 Å². The molecule has 0 saturated carbocycles. The minimum atomic E-state index is 1.01. The summed E-state index contributed by atoms with van der Waals surface area (Å²) in [4.78, 5) is 4.73. The minimum absolute atomic E-state index is 1.01. The Kier molecular flexibility index (Phi) is 3.02. The average Bonchev–Trinajstić information content (AvgIpc) is 3.16. The summed E-state index contributed by atoms with van der Waals surface area (Å²) in [5.74, 6) is 1.27. The highest BCUT2D eigenvalue weighted by molar-refractivity contribution is 6.07. The van der Waals surface area contributed by atoms with Crippen LogP contribution < -0.4 is 0 Å². The molecule has 5 rings (SSSR count).